The Morgan fingerprint density at radius 2 is 2.13 bits per heavy atom. The van der Waals surface area contributed by atoms with Gasteiger partial charge in [-0.15, -0.1) is 0 Å². The monoisotopic (exact) mass is 417 g/mol. The summed E-state index contributed by atoms with van der Waals surface area (Å²) in [6.45, 7) is 3.70. The van der Waals surface area contributed by atoms with E-state index in [1.54, 1.807) is 12.4 Å². The van der Waals surface area contributed by atoms with Gasteiger partial charge in [0.05, 0.1) is 17.3 Å². The molecule has 2 aliphatic heterocycles. The Kier molecular flexibility index (Phi) is 5.11. The Hall–Kier alpha value is -2.98. The maximum absolute atomic E-state index is 13.1. The Labute approximate surface area is 182 Å². The fourth-order valence-corrected chi connectivity index (χ4v) is 5.29. The van der Waals surface area contributed by atoms with Crippen molar-refractivity contribution in [3.05, 3.63) is 54.0 Å². The molecule has 4 heterocycles. The minimum absolute atomic E-state index is 0.0544. The average Bonchev–Trinajstić information content (AvgIpc) is 2.97. The zero-order valence-electron chi connectivity index (χ0n) is 17.8. The minimum Gasteiger partial charge on any atom is -0.359 e. The molecule has 0 radical (unpaired) electrons. The average molecular weight is 418 g/mol. The smallest absolute Gasteiger partial charge is 0.248 e. The molecule has 3 aliphatic rings. The molecule has 2 aromatic heterocycles. The molecule has 2 saturated heterocycles. The van der Waals surface area contributed by atoms with Gasteiger partial charge in [-0.1, -0.05) is 13.0 Å². The number of ether oxygens (including phenoxy) is 1. The van der Waals surface area contributed by atoms with Crippen molar-refractivity contribution in [2.24, 2.45) is 5.92 Å². The van der Waals surface area contributed by atoms with E-state index in [-0.39, 0.29) is 24.6 Å². The summed E-state index contributed by atoms with van der Waals surface area (Å²) >= 11 is 0. The number of pyridine rings is 2. The fourth-order valence-electron chi connectivity index (χ4n) is 5.29. The van der Waals surface area contributed by atoms with E-state index in [1.165, 1.54) is 0 Å². The van der Waals surface area contributed by atoms with E-state index in [4.69, 9.17) is 10.00 Å². The highest BCUT2D eigenvalue weighted by Crippen LogP contribution is 2.44. The molecule has 0 N–H and O–H groups in total. The number of hydrogen-bond donors (Lipinski definition) is 0. The van der Waals surface area contributed by atoms with Gasteiger partial charge in [-0.25, -0.2) is 4.98 Å². The van der Waals surface area contributed by atoms with Crippen LogP contribution in [-0.4, -0.2) is 52.6 Å². The number of anilines is 1. The van der Waals surface area contributed by atoms with Crippen LogP contribution in [0.15, 0.2) is 42.7 Å². The quantitative estimate of drug-likeness (QED) is 0.744. The van der Waals surface area contributed by atoms with Crippen LogP contribution in [-0.2, 0) is 15.1 Å². The molecule has 7 heteroatoms. The third-order valence-corrected chi connectivity index (χ3v) is 7.15. The summed E-state index contributed by atoms with van der Waals surface area (Å²) in [4.78, 5) is 26.4. The third-order valence-electron chi connectivity index (χ3n) is 7.15. The molecule has 1 saturated carbocycles. The molecule has 2 aromatic rings. The number of nitrogens with zero attached hydrogens (tertiary/aromatic N) is 5. The van der Waals surface area contributed by atoms with Crippen molar-refractivity contribution < 1.29 is 9.53 Å². The second-order valence-corrected chi connectivity index (χ2v) is 9.01. The Morgan fingerprint density at radius 3 is 2.74 bits per heavy atom. The van der Waals surface area contributed by atoms with Crippen molar-refractivity contribution in [2.75, 3.05) is 24.6 Å². The summed E-state index contributed by atoms with van der Waals surface area (Å²) in [7, 11) is 0. The first-order valence-electron chi connectivity index (χ1n) is 11.1. The minimum atomic E-state index is -0.405. The summed E-state index contributed by atoms with van der Waals surface area (Å²) in [6, 6.07) is 12.2. The number of nitriles is 1. The van der Waals surface area contributed by atoms with E-state index in [9.17, 15) is 4.79 Å². The number of likely N-dealkylation sites (tertiary alicyclic amines) is 1. The zero-order chi connectivity index (χ0) is 21.4. The van der Waals surface area contributed by atoms with Crippen molar-refractivity contribution in [1.82, 2.24) is 14.9 Å². The molecule has 1 amide bonds. The molecule has 0 aromatic carbocycles. The lowest BCUT2D eigenvalue weighted by atomic mass is 9.77. The Balaban J connectivity index is 1.25. The fraction of sp³-hybridized carbons (Fsp3) is 0.500. The molecule has 0 spiro atoms. The van der Waals surface area contributed by atoms with Crippen molar-refractivity contribution in [1.29, 1.82) is 5.26 Å². The van der Waals surface area contributed by atoms with Crippen LogP contribution in [0.2, 0.25) is 0 Å². The molecule has 3 fully saturated rings. The number of fused-ring (bicyclic) bond motifs is 2. The molecule has 31 heavy (non-hydrogen) atoms. The highest BCUT2D eigenvalue weighted by atomic mass is 16.5. The number of amides is 1. The predicted molar refractivity (Wildman–Crippen MR) is 115 cm³/mol. The van der Waals surface area contributed by atoms with E-state index in [2.05, 4.69) is 27.9 Å². The first-order valence-corrected chi connectivity index (χ1v) is 11.1. The van der Waals surface area contributed by atoms with Crippen molar-refractivity contribution >= 4 is 11.7 Å². The molecule has 2 unspecified atom stereocenters. The van der Waals surface area contributed by atoms with Crippen molar-refractivity contribution in [2.45, 2.75) is 50.3 Å². The standard InChI is InChI=1S/C24H27N5O2/c1-17-11-19-14-28(15-20(17)29(19)22-7-6-18(12-25)13-27-22)23(30)16-31-24(8-4-9-24)21-5-2-3-10-26-21/h2-3,5-7,10,13,17,19-20H,4,8-9,11,14-16H2,1H3/t17-,19?,20?/m0/s1. The van der Waals surface area contributed by atoms with E-state index in [0.717, 1.165) is 37.2 Å². The van der Waals surface area contributed by atoms with Gasteiger partial charge in [-0.2, -0.15) is 5.26 Å². The molecular formula is C24H27N5O2. The number of carbonyl (C=O) groups is 1. The van der Waals surface area contributed by atoms with Gasteiger partial charge in [0.2, 0.25) is 5.91 Å². The van der Waals surface area contributed by atoms with E-state index in [0.29, 0.717) is 24.6 Å². The summed E-state index contributed by atoms with van der Waals surface area (Å²) in [5.74, 6) is 1.43. The van der Waals surface area contributed by atoms with Gasteiger partial charge < -0.3 is 14.5 Å². The van der Waals surface area contributed by atoms with Gasteiger partial charge in [-0.05, 0) is 55.9 Å². The lowest BCUT2D eigenvalue weighted by molar-refractivity contribution is -0.155. The summed E-state index contributed by atoms with van der Waals surface area (Å²) < 4.78 is 6.21. The Morgan fingerprint density at radius 1 is 1.26 bits per heavy atom. The molecule has 160 valence electrons. The number of aromatic nitrogens is 2. The first-order chi connectivity index (χ1) is 15.1. The van der Waals surface area contributed by atoms with Crippen LogP contribution < -0.4 is 4.90 Å². The molecular weight excluding hydrogens is 390 g/mol. The topological polar surface area (TPSA) is 82.4 Å². The van der Waals surface area contributed by atoms with E-state index < -0.39 is 5.60 Å². The van der Waals surface area contributed by atoms with Gasteiger partial charge >= 0.3 is 0 Å². The summed E-state index contributed by atoms with van der Waals surface area (Å²) in [6.07, 6.45) is 7.38. The molecule has 1 aliphatic carbocycles. The van der Waals surface area contributed by atoms with Gasteiger partial charge in [-0.3, -0.25) is 9.78 Å². The number of hydrogen-bond acceptors (Lipinski definition) is 6. The van der Waals surface area contributed by atoms with Crippen LogP contribution in [0.4, 0.5) is 5.82 Å². The molecule has 5 rings (SSSR count). The van der Waals surface area contributed by atoms with Gasteiger partial charge in [0.1, 0.15) is 24.1 Å². The van der Waals surface area contributed by atoms with E-state index in [1.807, 2.05) is 35.2 Å². The van der Waals surface area contributed by atoms with Crippen LogP contribution in [0.5, 0.6) is 0 Å². The third kappa shape index (κ3) is 3.55. The van der Waals surface area contributed by atoms with Gasteiger partial charge in [0.15, 0.2) is 0 Å². The van der Waals surface area contributed by atoms with Crippen molar-refractivity contribution in [3.8, 4) is 6.07 Å². The predicted octanol–water partition coefficient (Wildman–Crippen LogP) is 2.87. The second kappa shape index (κ2) is 7.93. The van der Waals surface area contributed by atoms with Gasteiger partial charge in [0, 0.05) is 31.5 Å². The SMILES string of the molecule is C[C@H]1CC2CN(C(=O)COC3(c4ccccn4)CCC3)CC1N2c1ccc(C#N)cn1. The molecule has 3 atom stereocenters. The maximum Gasteiger partial charge on any atom is 0.248 e. The lowest BCUT2D eigenvalue weighted by Crippen LogP contribution is -2.57. The Bertz CT molecular complexity index is 983. The number of rotatable bonds is 5. The van der Waals surface area contributed by atoms with Crippen LogP contribution in [0, 0.1) is 17.2 Å². The maximum atomic E-state index is 13.1. The summed E-state index contributed by atoms with van der Waals surface area (Å²) in [5, 5.41) is 9.03. The zero-order valence-corrected chi connectivity index (χ0v) is 17.8. The first kappa shape index (κ1) is 20.0. The second-order valence-electron chi connectivity index (χ2n) is 9.01. The van der Waals surface area contributed by atoms with Gasteiger partial charge in [0.25, 0.3) is 0 Å². The molecule has 2 bridgehead atoms. The normalized spacial score (nSPS) is 26.3. The summed E-state index contributed by atoms with van der Waals surface area (Å²) in [5.41, 5.74) is 1.09. The highest BCUT2D eigenvalue weighted by molar-refractivity contribution is 5.78. The number of carbonyl (C=O) groups excluding carboxylic acids is 1. The van der Waals surface area contributed by atoms with Crippen LogP contribution in [0.1, 0.15) is 43.9 Å². The largest absolute Gasteiger partial charge is 0.359 e. The van der Waals surface area contributed by atoms with Crippen LogP contribution in [0.25, 0.3) is 0 Å². The van der Waals surface area contributed by atoms with Crippen LogP contribution in [0.3, 0.4) is 0 Å². The highest BCUT2D eigenvalue weighted by Gasteiger charge is 2.47. The lowest BCUT2D eigenvalue weighted by Gasteiger charge is -2.44. The van der Waals surface area contributed by atoms with Crippen LogP contribution >= 0.6 is 0 Å². The van der Waals surface area contributed by atoms with E-state index >= 15 is 0 Å². The number of piperazine rings is 1. The van der Waals surface area contributed by atoms with Crippen molar-refractivity contribution in [3.63, 3.8) is 0 Å². The molecule has 7 nitrogen and oxygen atoms in total.